The highest BCUT2D eigenvalue weighted by atomic mass is 32.2. The van der Waals surface area contributed by atoms with Crippen LogP contribution >= 0.6 is 0 Å². The maximum Gasteiger partial charge on any atom is 0.416 e. The number of nitrogens with one attached hydrogen (secondary N) is 1. The fourth-order valence-corrected chi connectivity index (χ4v) is 5.66. The topological polar surface area (TPSA) is 83.6 Å². The predicted molar refractivity (Wildman–Crippen MR) is 131 cm³/mol. The normalized spacial score (nSPS) is 16.0. The van der Waals surface area contributed by atoms with Gasteiger partial charge in [-0.1, -0.05) is 48.5 Å². The molecule has 3 aromatic rings. The van der Waals surface area contributed by atoms with Gasteiger partial charge >= 0.3 is 6.18 Å². The summed E-state index contributed by atoms with van der Waals surface area (Å²) in [5.74, 6) is -1.08. The van der Waals surface area contributed by atoms with Gasteiger partial charge in [-0.3, -0.25) is 9.59 Å². The number of carbonyl (C=O) groups is 2. The minimum atomic E-state index is -4.44. The molecule has 1 saturated heterocycles. The van der Waals surface area contributed by atoms with E-state index in [-0.39, 0.29) is 22.8 Å². The van der Waals surface area contributed by atoms with Crippen LogP contribution in [0.15, 0.2) is 83.8 Å². The number of hydrogen-bond acceptors (Lipinski definition) is 4. The Hall–Kier alpha value is -3.66. The molecular formula is C27H25F3N2O4S. The van der Waals surface area contributed by atoms with Gasteiger partial charge < -0.3 is 10.2 Å². The minimum Gasteiger partial charge on any atom is -0.350 e. The number of carbonyl (C=O) groups excluding carboxylic acids is 2. The van der Waals surface area contributed by atoms with Crippen LogP contribution in [0.5, 0.6) is 0 Å². The smallest absolute Gasteiger partial charge is 0.350 e. The standard InChI is InChI=1S/C27H25F3N2O4S/c28-27(29,30)22-13-11-19(12-14-22)17-31-25(33)24-10-5-15-32(24)26(34)21-8-4-9-23(16-21)37(35,36)18-20-6-2-1-3-7-20/h1-4,6-9,11-14,16,24H,5,10,15,17-18H2,(H,31,33)/t24-/m1/s1. The Morgan fingerprint density at radius 3 is 2.30 bits per heavy atom. The van der Waals surface area contributed by atoms with Crippen LogP contribution in [0.25, 0.3) is 0 Å². The van der Waals surface area contributed by atoms with Gasteiger partial charge in [0.1, 0.15) is 6.04 Å². The first kappa shape index (κ1) is 26.4. The van der Waals surface area contributed by atoms with Crippen LogP contribution in [0, 0.1) is 0 Å². The highest BCUT2D eigenvalue weighted by molar-refractivity contribution is 7.90. The van der Waals surface area contributed by atoms with Gasteiger partial charge in [0.2, 0.25) is 5.91 Å². The van der Waals surface area contributed by atoms with Gasteiger partial charge in [0.25, 0.3) is 5.91 Å². The Bertz CT molecular complexity index is 1370. The third-order valence-electron chi connectivity index (χ3n) is 6.20. The first-order valence-corrected chi connectivity index (χ1v) is 13.3. The molecule has 10 heteroatoms. The molecule has 1 aliphatic heterocycles. The van der Waals surface area contributed by atoms with Crippen LogP contribution in [-0.4, -0.2) is 37.7 Å². The highest BCUT2D eigenvalue weighted by Gasteiger charge is 2.35. The number of halogens is 3. The summed E-state index contributed by atoms with van der Waals surface area (Å²) in [5, 5.41) is 2.69. The first-order chi connectivity index (χ1) is 17.5. The average Bonchev–Trinajstić information content (AvgIpc) is 3.37. The summed E-state index contributed by atoms with van der Waals surface area (Å²) in [5.41, 5.74) is 0.511. The van der Waals surface area contributed by atoms with Crippen molar-refractivity contribution in [2.45, 2.75) is 42.3 Å². The van der Waals surface area contributed by atoms with E-state index in [1.807, 2.05) is 0 Å². The second-order valence-electron chi connectivity index (χ2n) is 8.84. The van der Waals surface area contributed by atoms with E-state index in [4.69, 9.17) is 0 Å². The van der Waals surface area contributed by atoms with Crippen molar-refractivity contribution in [1.29, 1.82) is 0 Å². The SMILES string of the molecule is O=C(NCc1ccc(C(F)(F)F)cc1)[C@H]1CCCN1C(=O)c1cccc(S(=O)(=O)Cc2ccccc2)c1. The largest absolute Gasteiger partial charge is 0.416 e. The second kappa shape index (κ2) is 10.8. The molecule has 6 nitrogen and oxygen atoms in total. The molecule has 1 N–H and O–H groups in total. The monoisotopic (exact) mass is 530 g/mol. The highest BCUT2D eigenvalue weighted by Crippen LogP contribution is 2.29. The lowest BCUT2D eigenvalue weighted by Gasteiger charge is -2.24. The lowest BCUT2D eigenvalue weighted by molar-refractivity contribution is -0.137. The van der Waals surface area contributed by atoms with Gasteiger partial charge in [-0.2, -0.15) is 13.2 Å². The predicted octanol–water partition coefficient (Wildman–Crippen LogP) is 4.60. The van der Waals surface area contributed by atoms with Crippen molar-refractivity contribution in [1.82, 2.24) is 10.2 Å². The van der Waals surface area contributed by atoms with E-state index in [1.165, 1.54) is 41.3 Å². The summed E-state index contributed by atoms with van der Waals surface area (Å²) in [7, 11) is -3.69. The quantitative estimate of drug-likeness (QED) is 0.484. The molecule has 4 rings (SSSR count). The van der Waals surface area contributed by atoms with Crippen LogP contribution in [0.4, 0.5) is 13.2 Å². The van der Waals surface area contributed by atoms with Crippen molar-refractivity contribution in [2.24, 2.45) is 0 Å². The molecule has 0 aromatic heterocycles. The van der Waals surface area contributed by atoms with Crippen molar-refractivity contribution < 1.29 is 31.2 Å². The van der Waals surface area contributed by atoms with Crippen molar-refractivity contribution in [3.8, 4) is 0 Å². The third kappa shape index (κ3) is 6.37. The molecule has 1 aliphatic rings. The van der Waals surface area contributed by atoms with Gasteiger partial charge in [0, 0.05) is 18.7 Å². The molecule has 0 spiro atoms. The zero-order valence-corrected chi connectivity index (χ0v) is 20.6. The summed E-state index contributed by atoms with van der Waals surface area (Å²) in [4.78, 5) is 27.5. The number of sulfone groups is 1. The maximum absolute atomic E-state index is 13.2. The van der Waals surface area contributed by atoms with Crippen LogP contribution in [0.3, 0.4) is 0 Å². The lowest BCUT2D eigenvalue weighted by Crippen LogP contribution is -2.45. The number of amides is 2. The van der Waals surface area contributed by atoms with Crippen LogP contribution in [0.1, 0.15) is 39.9 Å². The molecule has 0 unspecified atom stereocenters. The number of rotatable bonds is 7. The van der Waals surface area contributed by atoms with E-state index >= 15 is 0 Å². The Morgan fingerprint density at radius 1 is 0.919 bits per heavy atom. The number of nitrogens with zero attached hydrogens (tertiary/aromatic N) is 1. The van der Waals surface area contributed by atoms with Gasteiger partial charge in [0.15, 0.2) is 9.84 Å². The van der Waals surface area contributed by atoms with Gasteiger partial charge in [0.05, 0.1) is 16.2 Å². The molecule has 2 amide bonds. The van der Waals surface area contributed by atoms with Crippen molar-refractivity contribution >= 4 is 21.7 Å². The molecular weight excluding hydrogens is 505 g/mol. The van der Waals surface area contributed by atoms with E-state index in [1.54, 1.807) is 30.3 Å². The van der Waals surface area contributed by atoms with Crippen molar-refractivity contribution in [2.75, 3.05) is 6.54 Å². The van der Waals surface area contributed by atoms with Crippen molar-refractivity contribution in [3.05, 3.63) is 101 Å². The van der Waals surface area contributed by atoms with Gasteiger partial charge in [-0.25, -0.2) is 8.42 Å². The number of alkyl halides is 3. The van der Waals surface area contributed by atoms with Gasteiger partial charge in [-0.05, 0) is 54.3 Å². The summed E-state index contributed by atoms with van der Waals surface area (Å²) >= 11 is 0. The fraction of sp³-hybridized carbons (Fsp3) is 0.259. The van der Waals surface area contributed by atoms with Crippen LogP contribution in [-0.2, 0) is 33.1 Å². The van der Waals surface area contributed by atoms with E-state index < -0.39 is 39.4 Å². The van der Waals surface area contributed by atoms with E-state index in [0.29, 0.717) is 30.5 Å². The van der Waals surface area contributed by atoms with Crippen LogP contribution in [0.2, 0.25) is 0 Å². The molecule has 37 heavy (non-hydrogen) atoms. The molecule has 1 atom stereocenters. The molecule has 3 aromatic carbocycles. The molecule has 0 aliphatic carbocycles. The number of likely N-dealkylation sites (tertiary alicyclic amines) is 1. The molecule has 0 bridgehead atoms. The van der Waals surface area contributed by atoms with E-state index in [0.717, 1.165) is 12.1 Å². The summed E-state index contributed by atoms with van der Waals surface area (Å²) in [6.07, 6.45) is -3.42. The Kier molecular flexibility index (Phi) is 7.68. The third-order valence-corrected chi connectivity index (χ3v) is 7.89. The molecule has 194 valence electrons. The average molecular weight is 531 g/mol. The van der Waals surface area contributed by atoms with E-state index in [2.05, 4.69) is 5.32 Å². The fourth-order valence-electron chi connectivity index (χ4n) is 4.27. The maximum atomic E-state index is 13.2. The van der Waals surface area contributed by atoms with Gasteiger partial charge in [-0.15, -0.1) is 0 Å². The zero-order chi connectivity index (χ0) is 26.6. The van der Waals surface area contributed by atoms with Crippen LogP contribution < -0.4 is 5.32 Å². The summed E-state index contributed by atoms with van der Waals surface area (Å²) < 4.78 is 64.1. The molecule has 0 saturated carbocycles. The molecule has 1 fully saturated rings. The Morgan fingerprint density at radius 2 is 1.62 bits per heavy atom. The van der Waals surface area contributed by atoms with Crippen molar-refractivity contribution in [3.63, 3.8) is 0 Å². The Balaban J connectivity index is 1.43. The zero-order valence-electron chi connectivity index (χ0n) is 19.7. The lowest BCUT2D eigenvalue weighted by atomic mass is 10.1. The van der Waals surface area contributed by atoms with E-state index in [9.17, 15) is 31.2 Å². The Labute approximate surface area is 213 Å². The number of hydrogen-bond donors (Lipinski definition) is 1. The minimum absolute atomic E-state index is 0.0166. The summed E-state index contributed by atoms with van der Waals surface area (Å²) in [6.45, 7) is 0.348. The molecule has 1 heterocycles. The molecule has 0 radical (unpaired) electrons. The second-order valence-corrected chi connectivity index (χ2v) is 10.8. The number of benzene rings is 3. The first-order valence-electron chi connectivity index (χ1n) is 11.7. The summed E-state index contributed by atoms with van der Waals surface area (Å²) in [6, 6.07) is 18.2.